The van der Waals surface area contributed by atoms with Gasteiger partial charge in [0.25, 0.3) is 0 Å². The van der Waals surface area contributed by atoms with Crippen LogP contribution in [0.3, 0.4) is 0 Å². The van der Waals surface area contributed by atoms with E-state index >= 15 is 0 Å². The minimum Gasteiger partial charge on any atom is -0.444 e. The van der Waals surface area contributed by atoms with Crippen molar-refractivity contribution < 1.29 is 14.3 Å². The summed E-state index contributed by atoms with van der Waals surface area (Å²) in [6, 6.07) is 9.88. The number of imidazole rings is 1. The van der Waals surface area contributed by atoms with Crippen molar-refractivity contribution in [2.75, 3.05) is 19.6 Å². The smallest absolute Gasteiger partial charge is 0.410 e. The zero-order valence-electron chi connectivity index (χ0n) is 19.2. The lowest BCUT2D eigenvalue weighted by molar-refractivity contribution is -0.137. The first-order chi connectivity index (χ1) is 14.7. The molecule has 1 aliphatic heterocycles. The molecule has 0 bridgehead atoms. The van der Waals surface area contributed by atoms with Gasteiger partial charge in [-0.05, 0) is 38.7 Å². The van der Waals surface area contributed by atoms with Crippen LogP contribution in [0.2, 0.25) is 0 Å². The third-order valence-corrected chi connectivity index (χ3v) is 5.69. The zero-order chi connectivity index (χ0) is 22.6. The van der Waals surface area contributed by atoms with Crippen molar-refractivity contribution >= 4 is 12.0 Å². The lowest BCUT2D eigenvalue weighted by atomic mass is 9.92. The second-order valence-corrected chi connectivity index (χ2v) is 9.15. The molecule has 2 heterocycles. The average Bonchev–Trinajstić information content (AvgIpc) is 3.16. The molecule has 0 saturated carbocycles. The number of hydrogen-bond acceptors (Lipinski definition) is 4. The lowest BCUT2D eigenvalue weighted by Crippen LogP contribution is -2.53. The summed E-state index contributed by atoms with van der Waals surface area (Å²) in [5, 5.41) is 0. The van der Waals surface area contributed by atoms with Crippen molar-refractivity contribution in [3.8, 4) is 0 Å². The molecule has 7 nitrogen and oxygen atoms in total. The molecule has 1 aliphatic rings. The van der Waals surface area contributed by atoms with E-state index in [1.165, 1.54) is 5.56 Å². The Morgan fingerprint density at radius 2 is 1.90 bits per heavy atom. The highest BCUT2D eigenvalue weighted by molar-refractivity contribution is 5.78. The molecule has 31 heavy (non-hydrogen) atoms. The van der Waals surface area contributed by atoms with Crippen LogP contribution in [0.5, 0.6) is 0 Å². The Morgan fingerprint density at radius 3 is 2.48 bits per heavy atom. The Balaban J connectivity index is 1.79. The van der Waals surface area contributed by atoms with Crippen molar-refractivity contribution in [2.24, 2.45) is 7.05 Å². The Labute approximate surface area is 185 Å². The Hall–Kier alpha value is -2.83. The second-order valence-electron chi connectivity index (χ2n) is 9.15. The number of carbonyl (C=O) groups excluding carboxylic acids is 2. The van der Waals surface area contributed by atoms with Gasteiger partial charge in [-0.15, -0.1) is 0 Å². The summed E-state index contributed by atoms with van der Waals surface area (Å²) >= 11 is 0. The SMILES string of the molecule is CC[C@@H](CC(=O)N1CCN(C(=O)OC(C)(C)C)C[C@H]1c1nccn1C)c1ccccc1. The third kappa shape index (κ3) is 5.66. The number of hydrogen-bond donors (Lipinski definition) is 0. The standard InChI is InChI=1S/C24H34N4O3/c1-6-18(19-10-8-7-9-11-19)16-21(29)28-15-14-27(23(30)31-24(2,3)4)17-20(28)22-25-12-13-26(22)5/h7-13,18,20H,6,14-17H2,1-5H3/t18-,20-/m0/s1. The van der Waals surface area contributed by atoms with Gasteiger partial charge in [-0.3, -0.25) is 4.79 Å². The van der Waals surface area contributed by atoms with Gasteiger partial charge in [0, 0.05) is 39.0 Å². The first kappa shape index (κ1) is 22.8. The molecule has 2 atom stereocenters. The van der Waals surface area contributed by atoms with Crippen LogP contribution in [-0.2, 0) is 16.6 Å². The number of nitrogens with zero attached hydrogens (tertiary/aromatic N) is 4. The van der Waals surface area contributed by atoms with Gasteiger partial charge in [-0.2, -0.15) is 0 Å². The number of aryl methyl sites for hydroxylation is 1. The summed E-state index contributed by atoms with van der Waals surface area (Å²) in [4.78, 5) is 34.1. The summed E-state index contributed by atoms with van der Waals surface area (Å²) in [7, 11) is 1.91. The molecule has 1 aromatic carbocycles. The fourth-order valence-electron chi connectivity index (χ4n) is 4.04. The van der Waals surface area contributed by atoms with Gasteiger partial charge < -0.3 is 19.1 Å². The van der Waals surface area contributed by atoms with Crippen LogP contribution in [0.25, 0.3) is 0 Å². The molecule has 2 aromatic rings. The summed E-state index contributed by atoms with van der Waals surface area (Å²) in [6.07, 6.45) is 4.57. The van der Waals surface area contributed by atoms with E-state index in [-0.39, 0.29) is 24.0 Å². The van der Waals surface area contributed by atoms with Gasteiger partial charge in [-0.25, -0.2) is 9.78 Å². The second kappa shape index (κ2) is 9.54. The van der Waals surface area contributed by atoms with Gasteiger partial charge >= 0.3 is 6.09 Å². The largest absolute Gasteiger partial charge is 0.444 e. The van der Waals surface area contributed by atoms with Gasteiger partial charge in [0.2, 0.25) is 5.91 Å². The summed E-state index contributed by atoms with van der Waals surface area (Å²) in [5.41, 5.74) is 0.617. The molecule has 3 rings (SSSR count). The van der Waals surface area contributed by atoms with Gasteiger partial charge in [0.05, 0.1) is 6.54 Å². The predicted octanol–water partition coefficient (Wildman–Crippen LogP) is 4.12. The molecule has 1 fully saturated rings. The van der Waals surface area contributed by atoms with Crippen molar-refractivity contribution in [2.45, 2.75) is 58.1 Å². The molecule has 7 heteroatoms. The van der Waals surface area contributed by atoms with Crippen molar-refractivity contribution in [1.29, 1.82) is 0 Å². The first-order valence-electron chi connectivity index (χ1n) is 11.0. The van der Waals surface area contributed by atoms with E-state index in [9.17, 15) is 9.59 Å². The van der Waals surface area contributed by atoms with Crippen LogP contribution in [0.15, 0.2) is 42.7 Å². The van der Waals surface area contributed by atoms with Crippen LogP contribution in [0.4, 0.5) is 4.79 Å². The third-order valence-electron chi connectivity index (χ3n) is 5.69. The van der Waals surface area contributed by atoms with Gasteiger partial charge in [0.1, 0.15) is 17.5 Å². The lowest BCUT2D eigenvalue weighted by Gasteiger charge is -2.41. The summed E-state index contributed by atoms with van der Waals surface area (Å²) < 4.78 is 7.48. The van der Waals surface area contributed by atoms with Crippen LogP contribution < -0.4 is 0 Å². The number of rotatable bonds is 5. The van der Waals surface area contributed by atoms with Crippen LogP contribution in [0, 0.1) is 0 Å². The molecule has 1 saturated heterocycles. The van der Waals surface area contributed by atoms with Crippen molar-refractivity contribution in [1.82, 2.24) is 19.4 Å². The average molecular weight is 427 g/mol. The number of amides is 2. The maximum absolute atomic E-state index is 13.4. The maximum atomic E-state index is 13.4. The fraction of sp³-hybridized carbons (Fsp3) is 0.542. The van der Waals surface area contributed by atoms with Gasteiger partial charge in [-0.1, -0.05) is 37.3 Å². The van der Waals surface area contributed by atoms with E-state index in [4.69, 9.17) is 4.74 Å². The number of aromatic nitrogens is 2. The van der Waals surface area contributed by atoms with E-state index in [1.807, 2.05) is 61.7 Å². The van der Waals surface area contributed by atoms with E-state index in [2.05, 4.69) is 24.0 Å². The monoisotopic (exact) mass is 426 g/mol. The Kier molecular flexibility index (Phi) is 7.03. The molecule has 0 aliphatic carbocycles. The molecule has 0 radical (unpaired) electrons. The van der Waals surface area contributed by atoms with E-state index in [0.717, 1.165) is 12.2 Å². The number of benzene rings is 1. The molecule has 0 unspecified atom stereocenters. The molecular formula is C24H34N4O3. The Bertz CT molecular complexity index is 888. The molecule has 0 N–H and O–H groups in total. The highest BCUT2D eigenvalue weighted by Gasteiger charge is 2.37. The van der Waals surface area contributed by atoms with Crippen molar-refractivity contribution in [3.05, 3.63) is 54.1 Å². The molecule has 168 valence electrons. The number of piperazine rings is 1. The first-order valence-corrected chi connectivity index (χ1v) is 11.0. The normalized spacial score (nSPS) is 18.0. The van der Waals surface area contributed by atoms with Crippen LogP contribution in [0.1, 0.15) is 63.9 Å². The van der Waals surface area contributed by atoms with Crippen LogP contribution in [-0.4, -0.2) is 56.6 Å². The van der Waals surface area contributed by atoms with E-state index < -0.39 is 5.60 Å². The van der Waals surface area contributed by atoms with Crippen LogP contribution >= 0.6 is 0 Å². The summed E-state index contributed by atoms with van der Waals surface area (Å²) in [5.74, 6) is 1.03. The molecule has 2 amide bonds. The number of carbonyl (C=O) groups is 2. The minimum atomic E-state index is -0.563. The maximum Gasteiger partial charge on any atom is 0.410 e. The van der Waals surface area contributed by atoms with E-state index in [0.29, 0.717) is 26.1 Å². The Morgan fingerprint density at radius 1 is 1.19 bits per heavy atom. The van der Waals surface area contributed by atoms with Gasteiger partial charge in [0.15, 0.2) is 0 Å². The topological polar surface area (TPSA) is 67.7 Å². The van der Waals surface area contributed by atoms with E-state index in [1.54, 1.807) is 11.1 Å². The fourth-order valence-corrected chi connectivity index (χ4v) is 4.04. The highest BCUT2D eigenvalue weighted by Crippen LogP contribution is 2.30. The highest BCUT2D eigenvalue weighted by atomic mass is 16.6. The summed E-state index contributed by atoms with van der Waals surface area (Å²) in [6.45, 7) is 8.96. The minimum absolute atomic E-state index is 0.0903. The number of ether oxygens (including phenoxy) is 1. The quantitative estimate of drug-likeness (QED) is 0.721. The molecule has 0 spiro atoms. The molecule has 1 aromatic heterocycles. The predicted molar refractivity (Wildman–Crippen MR) is 120 cm³/mol. The molecular weight excluding hydrogens is 392 g/mol. The van der Waals surface area contributed by atoms with Crippen molar-refractivity contribution in [3.63, 3.8) is 0 Å². The zero-order valence-corrected chi connectivity index (χ0v) is 19.2.